The number of hydrogen-bond donors (Lipinski definition) is 1. The number of nitro groups is 1. The van der Waals surface area contributed by atoms with Crippen LogP contribution < -0.4 is 9.03 Å². The van der Waals surface area contributed by atoms with Crippen molar-refractivity contribution in [2.45, 2.75) is 17.7 Å². The van der Waals surface area contributed by atoms with E-state index in [1.54, 1.807) is 12.1 Å². The van der Waals surface area contributed by atoms with Crippen LogP contribution in [0.3, 0.4) is 0 Å². The van der Waals surface area contributed by atoms with Crippen molar-refractivity contribution in [1.82, 2.24) is 0 Å². The molecule has 0 spiro atoms. The van der Waals surface area contributed by atoms with E-state index in [0.29, 0.717) is 30.8 Å². The molecule has 1 heterocycles. The molecule has 0 amide bonds. The third kappa shape index (κ3) is 4.03. The highest BCUT2D eigenvalue weighted by Gasteiger charge is 2.24. The summed E-state index contributed by atoms with van der Waals surface area (Å²) >= 11 is 0. The standard InChI is InChI=1S/C16H17N3O6S2/c1-26(22,23)18-10-2-3-12-11-13(4-9-16(12)18)17-27(24,25)15-7-5-14(6-8-15)19(20)21/h4-9,11,17H,2-3,10H2,1H3. The molecule has 1 N–H and O–H groups in total. The second kappa shape index (κ2) is 6.82. The molecule has 144 valence electrons. The number of nitro benzene ring substituents is 1. The molecule has 0 aliphatic carbocycles. The zero-order valence-corrected chi connectivity index (χ0v) is 16.0. The summed E-state index contributed by atoms with van der Waals surface area (Å²) < 4.78 is 52.5. The monoisotopic (exact) mass is 411 g/mol. The highest BCUT2D eigenvalue weighted by molar-refractivity contribution is 7.92. The largest absolute Gasteiger partial charge is 0.280 e. The molecule has 0 bridgehead atoms. The number of nitrogens with zero attached hydrogens (tertiary/aromatic N) is 2. The van der Waals surface area contributed by atoms with Crippen LogP contribution in [0, 0.1) is 10.1 Å². The van der Waals surface area contributed by atoms with E-state index in [2.05, 4.69) is 4.72 Å². The van der Waals surface area contributed by atoms with Gasteiger partial charge in [0.25, 0.3) is 15.7 Å². The minimum Gasteiger partial charge on any atom is -0.280 e. The predicted molar refractivity (Wildman–Crippen MR) is 101 cm³/mol. The fraction of sp³-hybridized carbons (Fsp3) is 0.250. The van der Waals surface area contributed by atoms with Crippen LogP contribution in [-0.4, -0.2) is 34.6 Å². The second-order valence-corrected chi connectivity index (χ2v) is 9.73. The average Bonchev–Trinajstić information content (AvgIpc) is 2.60. The highest BCUT2D eigenvalue weighted by Crippen LogP contribution is 2.32. The summed E-state index contributed by atoms with van der Waals surface area (Å²) in [6.07, 6.45) is 2.40. The Bertz CT molecular complexity index is 1100. The lowest BCUT2D eigenvalue weighted by molar-refractivity contribution is -0.384. The lowest BCUT2D eigenvalue weighted by Gasteiger charge is -2.29. The fourth-order valence-corrected chi connectivity index (χ4v) is 4.98. The maximum atomic E-state index is 12.5. The third-order valence-corrected chi connectivity index (χ3v) is 6.74. The van der Waals surface area contributed by atoms with E-state index in [4.69, 9.17) is 0 Å². The molecule has 2 aromatic carbocycles. The molecule has 0 radical (unpaired) electrons. The first-order chi connectivity index (χ1) is 12.6. The minimum absolute atomic E-state index is 0.108. The SMILES string of the molecule is CS(=O)(=O)N1CCCc2cc(NS(=O)(=O)c3ccc([N+](=O)[O-])cc3)ccc21. The van der Waals surface area contributed by atoms with Crippen molar-refractivity contribution in [3.8, 4) is 0 Å². The molecule has 11 heteroatoms. The van der Waals surface area contributed by atoms with Crippen LogP contribution in [0.2, 0.25) is 0 Å². The number of nitrogens with one attached hydrogen (secondary N) is 1. The van der Waals surface area contributed by atoms with Gasteiger partial charge in [-0.2, -0.15) is 0 Å². The highest BCUT2D eigenvalue weighted by atomic mass is 32.2. The molecule has 0 unspecified atom stereocenters. The quantitative estimate of drug-likeness (QED) is 0.593. The van der Waals surface area contributed by atoms with E-state index in [1.165, 1.54) is 10.4 Å². The second-order valence-electron chi connectivity index (χ2n) is 6.14. The van der Waals surface area contributed by atoms with Gasteiger partial charge in [0.15, 0.2) is 0 Å². The van der Waals surface area contributed by atoms with Crippen LogP contribution in [0.15, 0.2) is 47.4 Å². The Morgan fingerprint density at radius 2 is 1.74 bits per heavy atom. The van der Waals surface area contributed by atoms with Gasteiger partial charge in [-0.05, 0) is 48.7 Å². The summed E-state index contributed by atoms with van der Waals surface area (Å²) in [7, 11) is -7.33. The number of non-ortho nitro benzene ring substituents is 1. The van der Waals surface area contributed by atoms with E-state index in [1.807, 2.05) is 0 Å². The first kappa shape index (κ1) is 19.1. The van der Waals surface area contributed by atoms with Crippen molar-refractivity contribution < 1.29 is 21.8 Å². The summed E-state index contributed by atoms with van der Waals surface area (Å²) in [6.45, 7) is 0.389. The molecule has 0 aromatic heterocycles. The van der Waals surface area contributed by atoms with Crippen molar-refractivity contribution in [2.75, 3.05) is 21.8 Å². The first-order valence-corrected chi connectivity index (χ1v) is 11.3. The first-order valence-electron chi connectivity index (χ1n) is 7.96. The van der Waals surface area contributed by atoms with Gasteiger partial charge in [-0.15, -0.1) is 0 Å². The van der Waals surface area contributed by atoms with Crippen molar-refractivity contribution >= 4 is 37.1 Å². The molecule has 0 atom stereocenters. The van der Waals surface area contributed by atoms with Gasteiger partial charge in [0.2, 0.25) is 10.0 Å². The van der Waals surface area contributed by atoms with E-state index < -0.39 is 25.0 Å². The maximum Gasteiger partial charge on any atom is 0.269 e. The third-order valence-electron chi connectivity index (χ3n) is 4.17. The predicted octanol–water partition coefficient (Wildman–Crippen LogP) is 2.11. The summed E-state index contributed by atoms with van der Waals surface area (Å²) in [4.78, 5) is 9.96. The number of aryl methyl sites for hydroxylation is 1. The Labute approximate surface area is 156 Å². The Morgan fingerprint density at radius 1 is 1.07 bits per heavy atom. The normalized spacial score (nSPS) is 14.5. The number of hydrogen-bond acceptors (Lipinski definition) is 6. The van der Waals surface area contributed by atoms with Crippen LogP contribution >= 0.6 is 0 Å². The van der Waals surface area contributed by atoms with Crippen LogP contribution in [0.25, 0.3) is 0 Å². The van der Waals surface area contributed by atoms with Crippen molar-refractivity contribution in [1.29, 1.82) is 0 Å². The van der Waals surface area contributed by atoms with Crippen molar-refractivity contribution in [3.63, 3.8) is 0 Å². The molecule has 2 aromatic rings. The molecule has 0 saturated carbocycles. The number of anilines is 2. The smallest absolute Gasteiger partial charge is 0.269 e. The topological polar surface area (TPSA) is 127 Å². The number of sulfonamides is 2. The Kier molecular flexibility index (Phi) is 4.82. The lowest BCUT2D eigenvalue weighted by Crippen LogP contribution is -2.34. The van der Waals surface area contributed by atoms with Crippen LogP contribution in [-0.2, 0) is 26.5 Å². The Balaban J connectivity index is 1.88. The number of fused-ring (bicyclic) bond motifs is 1. The molecule has 0 fully saturated rings. The maximum absolute atomic E-state index is 12.5. The molecule has 0 saturated heterocycles. The van der Waals surface area contributed by atoms with Gasteiger partial charge < -0.3 is 0 Å². The van der Waals surface area contributed by atoms with Gasteiger partial charge in [-0.25, -0.2) is 16.8 Å². The minimum atomic E-state index is -3.93. The summed E-state index contributed by atoms with van der Waals surface area (Å²) in [6, 6.07) is 9.22. The van der Waals surface area contributed by atoms with Crippen LogP contribution in [0.5, 0.6) is 0 Å². The lowest BCUT2D eigenvalue weighted by atomic mass is 10.0. The van der Waals surface area contributed by atoms with Crippen LogP contribution in [0.4, 0.5) is 17.1 Å². The Morgan fingerprint density at radius 3 is 2.33 bits per heavy atom. The summed E-state index contributed by atoms with van der Waals surface area (Å²) in [5.74, 6) is 0. The van der Waals surface area contributed by atoms with Crippen LogP contribution in [0.1, 0.15) is 12.0 Å². The van der Waals surface area contributed by atoms with Crippen molar-refractivity contribution in [2.24, 2.45) is 0 Å². The van der Waals surface area contributed by atoms with E-state index in [0.717, 1.165) is 36.1 Å². The van der Waals surface area contributed by atoms with E-state index in [9.17, 15) is 26.9 Å². The van der Waals surface area contributed by atoms with Gasteiger partial charge in [0.1, 0.15) is 0 Å². The molecule has 1 aliphatic rings. The van der Waals surface area contributed by atoms with Gasteiger partial charge in [0, 0.05) is 24.4 Å². The van der Waals surface area contributed by atoms with Gasteiger partial charge >= 0.3 is 0 Å². The van der Waals surface area contributed by atoms with Gasteiger partial charge in [-0.1, -0.05) is 0 Å². The Hall–Kier alpha value is -2.66. The molecule has 9 nitrogen and oxygen atoms in total. The summed E-state index contributed by atoms with van der Waals surface area (Å²) in [5, 5.41) is 10.7. The molecular weight excluding hydrogens is 394 g/mol. The average molecular weight is 411 g/mol. The number of benzene rings is 2. The molecule has 3 rings (SSSR count). The van der Waals surface area contributed by atoms with Gasteiger partial charge in [-0.3, -0.25) is 19.1 Å². The fourth-order valence-electron chi connectivity index (χ4n) is 2.93. The molecule has 27 heavy (non-hydrogen) atoms. The van der Waals surface area contributed by atoms with E-state index in [-0.39, 0.29) is 10.6 Å². The zero-order chi connectivity index (χ0) is 19.8. The molecule has 1 aliphatic heterocycles. The number of rotatable bonds is 5. The summed E-state index contributed by atoms with van der Waals surface area (Å²) in [5.41, 5.74) is 1.36. The van der Waals surface area contributed by atoms with E-state index >= 15 is 0 Å². The zero-order valence-electron chi connectivity index (χ0n) is 14.3. The van der Waals surface area contributed by atoms with Gasteiger partial charge in [0.05, 0.1) is 21.8 Å². The molecular formula is C16H17N3O6S2. The van der Waals surface area contributed by atoms with Crippen molar-refractivity contribution in [3.05, 3.63) is 58.1 Å².